The quantitative estimate of drug-likeness (QED) is 0.643. The molecule has 84 valence electrons. The highest BCUT2D eigenvalue weighted by atomic mass is 32.1. The van der Waals surface area contributed by atoms with Crippen molar-refractivity contribution in [1.82, 2.24) is 9.97 Å². The summed E-state index contributed by atoms with van der Waals surface area (Å²) in [6.45, 7) is 4.24. The molecule has 3 aromatic rings. The van der Waals surface area contributed by atoms with E-state index < -0.39 is 0 Å². The smallest absolute Gasteiger partial charge is 0.124 e. The predicted octanol–water partition coefficient (Wildman–Crippen LogP) is 3.98. The second kappa shape index (κ2) is 3.93. The molecule has 0 saturated carbocycles. The number of thiazole rings is 1. The van der Waals surface area contributed by atoms with Crippen LogP contribution in [0.5, 0.6) is 0 Å². The number of fused-ring (bicyclic) bond motifs is 1. The Balaban J connectivity index is 2.24. The molecule has 0 aliphatic rings. The Kier molecular flexibility index (Phi) is 2.41. The number of aromatic nitrogens is 2. The number of hydrogen-bond acceptors (Lipinski definition) is 3. The van der Waals surface area contributed by atoms with Crippen LogP contribution < -0.4 is 0 Å². The van der Waals surface area contributed by atoms with Gasteiger partial charge in [0.1, 0.15) is 5.01 Å². The molecule has 0 unspecified atom stereocenters. The minimum absolute atomic E-state index is 1.07. The van der Waals surface area contributed by atoms with Crippen molar-refractivity contribution in [2.75, 3.05) is 0 Å². The molecule has 0 aliphatic carbocycles. The van der Waals surface area contributed by atoms with Crippen molar-refractivity contribution in [2.24, 2.45) is 0 Å². The van der Waals surface area contributed by atoms with Crippen LogP contribution in [0.4, 0.5) is 0 Å². The van der Waals surface area contributed by atoms with Crippen LogP contribution in [-0.4, -0.2) is 9.97 Å². The normalized spacial score (nSPS) is 10.9. The van der Waals surface area contributed by atoms with E-state index in [1.54, 1.807) is 23.7 Å². The summed E-state index contributed by atoms with van der Waals surface area (Å²) in [5, 5.41) is 1.07. The molecule has 1 aromatic carbocycles. The summed E-state index contributed by atoms with van der Waals surface area (Å²) in [4.78, 5) is 8.75. The van der Waals surface area contributed by atoms with Gasteiger partial charge in [-0.15, -0.1) is 11.3 Å². The maximum Gasteiger partial charge on any atom is 0.124 e. The highest BCUT2D eigenvalue weighted by Gasteiger charge is 2.08. The van der Waals surface area contributed by atoms with Crippen molar-refractivity contribution in [3.63, 3.8) is 0 Å². The van der Waals surface area contributed by atoms with E-state index >= 15 is 0 Å². The summed E-state index contributed by atoms with van der Waals surface area (Å²) in [5.74, 6) is 0. The lowest BCUT2D eigenvalue weighted by Crippen LogP contribution is -1.80. The molecule has 0 N–H and O–H groups in total. The van der Waals surface area contributed by atoms with Crippen molar-refractivity contribution >= 4 is 21.6 Å². The van der Waals surface area contributed by atoms with Gasteiger partial charge in [0.05, 0.1) is 10.2 Å². The molecular weight excluding hydrogens is 228 g/mol. The first-order chi connectivity index (χ1) is 8.24. The minimum Gasteiger partial charge on any atom is -0.265 e. The molecule has 0 atom stereocenters. The fraction of sp³-hybridized carbons (Fsp3) is 0.143. The van der Waals surface area contributed by atoms with Crippen LogP contribution in [-0.2, 0) is 0 Å². The average Bonchev–Trinajstić information content (AvgIpc) is 2.74. The summed E-state index contributed by atoms with van der Waals surface area (Å²) in [6, 6.07) is 8.38. The first kappa shape index (κ1) is 10.4. The molecule has 3 heteroatoms. The Morgan fingerprint density at radius 3 is 2.59 bits per heavy atom. The molecule has 0 bridgehead atoms. The maximum atomic E-state index is 4.71. The zero-order chi connectivity index (χ0) is 11.8. The number of aryl methyl sites for hydroxylation is 2. The lowest BCUT2D eigenvalue weighted by atomic mass is 10.1. The van der Waals surface area contributed by atoms with Gasteiger partial charge in [0.2, 0.25) is 0 Å². The molecule has 3 rings (SSSR count). The molecule has 0 saturated heterocycles. The number of nitrogens with zero attached hydrogens (tertiary/aromatic N) is 2. The molecule has 0 radical (unpaired) electrons. The van der Waals surface area contributed by atoms with Crippen LogP contribution in [0, 0.1) is 13.8 Å². The lowest BCUT2D eigenvalue weighted by molar-refractivity contribution is 1.32. The number of rotatable bonds is 1. The van der Waals surface area contributed by atoms with E-state index in [0.717, 1.165) is 16.1 Å². The van der Waals surface area contributed by atoms with Crippen molar-refractivity contribution in [1.29, 1.82) is 0 Å². The van der Waals surface area contributed by atoms with E-state index in [4.69, 9.17) is 4.98 Å². The largest absolute Gasteiger partial charge is 0.265 e. The van der Waals surface area contributed by atoms with Gasteiger partial charge in [-0.2, -0.15) is 0 Å². The van der Waals surface area contributed by atoms with Gasteiger partial charge in [0.15, 0.2) is 0 Å². The Hall–Kier alpha value is -1.74. The van der Waals surface area contributed by atoms with Crippen LogP contribution in [0.25, 0.3) is 20.8 Å². The molecule has 0 fully saturated rings. The predicted molar refractivity (Wildman–Crippen MR) is 72.3 cm³/mol. The maximum absolute atomic E-state index is 4.71. The van der Waals surface area contributed by atoms with Crippen LogP contribution >= 0.6 is 11.3 Å². The Labute approximate surface area is 104 Å². The lowest BCUT2D eigenvalue weighted by Gasteiger charge is -1.96. The molecule has 0 amide bonds. The molecular formula is C14H12N2S. The summed E-state index contributed by atoms with van der Waals surface area (Å²) in [7, 11) is 0. The van der Waals surface area contributed by atoms with Gasteiger partial charge in [-0.05, 0) is 43.2 Å². The summed E-state index contributed by atoms with van der Waals surface area (Å²) < 4.78 is 1.26. The minimum atomic E-state index is 1.07. The van der Waals surface area contributed by atoms with Crippen LogP contribution in [0.15, 0.2) is 36.7 Å². The number of benzene rings is 1. The third-order valence-electron chi connectivity index (χ3n) is 2.76. The fourth-order valence-corrected chi connectivity index (χ4v) is 3.14. The van der Waals surface area contributed by atoms with Gasteiger partial charge >= 0.3 is 0 Å². The van der Waals surface area contributed by atoms with Crippen molar-refractivity contribution in [3.8, 4) is 10.6 Å². The fourth-order valence-electron chi connectivity index (χ4n) is 1.99. The average molecular weight is 240 g/mol. The van der Waals surface area contributed by atoms with Gasteiger partial charge in [0.25, 0.3) is 0 Å². The third kappa shape index (κ3) is 1.83. The van der Waals surface area contributed by atoms with Gasteiger partial charge in [-0.3, -0.25) is 4.98 Å². The monoisotopic (exact) mass is 240 g/mol. The van der Waals surface area contributed by atoms with Crippen LogP contribution in [0.2, 0.25) is 0 Å². The molecule has 0 aliphatic heterocycles. The first-order valence-electron chi connectivity index (χ1n) is 5.52. The topological polar surface area (TPSA) is 25.8 Å². The van der Waals surface area contributed by atoms with Crippen molar-refractivity contribution in [3.05, 3.63) is 47.8 Å². The van der Waals surface area contributed by atoms with E-state index in [-0.39, 0.29) is 0 Å². The Morgan fingerprint density at radius 2 is 1.82 bits per heavy atom. The number of pyridine rings is 1. The van der Waals surface area contributed by atoms with Gasteiger partial charge < -0.3 is 0 Å². The zero-order valence-electron chi connectivity index (χ0n) is 9.77. The second-order valence-electron chi connectivity index (χ2n) is 4.18. The Morgan fingerprint density at radius 1 is 1.06 bits per heavy atom. The van der Waals surface area contributed by atoms with E-state index in [0.29, 0.717) is 0 Å². The van der Waals surface area contributed by atoms with E-state index in [1.165, 1.54) is 15.8 Å². The highest BCUT2D eigenvalue weighted by molar-refractivity contribution is 7.21. The summed E-state index contributed by atoms with van der Waals surface area (Å²) >= 11 is 1.74. The van der Waals surface area contributed by atoms with E-state index in [9.17, 15) is 0 Å². The van der Waals surface area contributed by atoms with Crippen LogP contribution in [0.3, 0.4) is 0 Å². The molecule has 2 aromatic heterocycles. The molecule has 2 nitrogen and oxygen atoms in total. The summed E-state index contributed by atoms with van der Waals surface area (Å²) in [5.41, 5.74) is 4.79. The Bertz CT molecular complexity index is 671. The van der Waals surface area contributed by atoms with Crippen LogP contribution in [0.1, 0.15) is 11.1 Å². The highest BCUT2D eigenvalue weighted by Crippen LogP contribution is 2.31. The third-order valence-corrected chi connectivity index (χ3v) is 3.81. The molecule has 17 heavy (non-hydrogen) atoms. The van der Waals surface area contributed by atoms with Gasteiger partial charge in [-0.1, -0.05) is 6.07 Å². The SMILES string of the molecule is Cc1cc(C)c2nc(-c3ccncc3)sc2c1. The molecule has 2 heterocycles. The number of hydrogen-bond donors (Lipinski definition) is 0. The van der Waals surface area contributed by atoms with Crippen molar-refractivity contribution < 1.29 is 0 Å². The first-order valence-corrected chi connectivity index (χ1v) is 6.34. The standard InChI is InChI=1S/C14H12N2S/c1-9-7-10(2)13-12(8-9)17-14(16-13)11-3-5-15-6-4-11/h3-8H,1-2H3. The zero-order valence-corrected chi connectivity index (χ0v) is 10.6. The van der Waals surface area contributed by atoms with E-state index in [2.05, 4.69) is 31.0 Å². The van der Waals surface area contributed by atoms with E-state index in [1.807, 2.05) is 12.1 Å². The second-order valence-corrected chi connectivity index (χ2v) is 5.21. The van der Waals surface area contributed by atoms with Crippen molar-refractivity contribution in [2.45, 2.75) is 13.8 Å². The van der Waals surface area contributed by atoms with Gasteiger partial charge in [0, 0.05) is 18.0 Å². The molecule has 0 spiro atoms. The van der Waals surface area contributed by atoms with Gasteiger partial charge in [-0.25, -0.2) is 4.98 Å². The summed E-state index contributed by atoms with van der Waals surface area (Å²) in [6.07, 6.45) is 3.61.